The van der Waals surface area contributed by atoms with E-state index in [2.05, 4.69) is 11.8 Å². The molecule has 0 aromatic carbocycles. The fraction of sp³-hybridized carbons (Fsp3) is 1.00. The van der Waals surface area contributed by atoms with Gasteiger partial charge in [0, 0.05) is 18.6 Å². The number of nitrogens with zero attached hydrogens (tertiary/aromatic N) is 1. The van der Waals surface area contributed by atoms with Gasteiger partial charge in [0.2, 0.25) is 0 Å². The van der Waals surface area contributed by atoms with E-state index in [-0.39, 0.29) is 0 Å². The van der Waals surface area contributed by atoms with E-state index in [0.717, 1.165) is 12.0 Å². The van der Waals surface area contributed by atoms with Crippen molar-refractivity contribution in [2.24, 2.45) is 11.7 Å². The number of hydrogen-bond acceptors (Lipinski definition) is 2. The lowest BCUT2D eigenvalue weighted by atomic mass is 9.90. The number of hydrogen-bond donors (Lipinski definition) is 1. The summed E-state index contributed by atoms with van der Waals surface area (Å²) < 4.78 is 0. The Bertz CT molecular complexity index is 169. The van der Waals surface area contributed by atoms with Crippen LogP contribution in [0.25, 0.3) is 0 Å². The van der Waals surface area contributed by atoms with Crippen LogP contribution >= 0.6 is 0 Å². The van der Waals surface area contributed by atoms with Gasteiger partial charge >= 0.3 is 0 Å². The molecule has 2 aliphatic rings. The Hall–Kier alpha value is -0.0800. The van der Waals surface area contributed by atoms with Crippen LogP contribution < -0.4 is 5.73 Å². The molecule has 0 aliphatic heterocycles. The Morgan fingerprint density at radius 1 is 1.07 bits per heavy atom. The van der Waals surface area contributed by atoms with Crippen LogP contribution in [0.3, 0.4) is 0 Å². The van der Waals surface area contributed by atoms with Gasteiger partial charge in [-0.2, -0.15) is 0 Å². The van der Waals surface area contributed by atoms with E-state index in [0.29, 0.717) is 6.04 Å². The summed E-state index contributed by atoms with van der Waals surface area (Å²) in [4.78, 5) is 2.70. The van der Waals surface area contributed by atoms with Crippen molar-refractivity contribution in [1.82, 2.24) is 4.90 Å². The van der Waals surface area contributed by atoms with Gasteiger partial charge in [-0.05, 0) is 51.0 Å². The molecule has 2 rings (SSSR count). The summed E-state index contributed by atoms with van der Waals surface area (Å²) in [6, 6.07) is 1.34. The van der Waals surface area contributed by atoms with Gasteiger partial charge in [0.1, 0.15) is 0 Å². The Morgan fingerprint density at radius 2 is 1.71 bits per heavy atom. The van der Waals surface area contributed by atoms with E-state index in [1.54, 1.807) is 0 Å². The standard InChI is InChI=1S/C12H24N2/c1-2-14(9-10-3-4-10)12-7-5-11(13)6-8-12/h10-12H,2-9,13H2,1H3. The molecule has 0 atom stereocenters. The third-order valence-electron chi connectivity index (χ3n) is 3.85. The van der Waals surface area contributed by atoms with Crippen LogP contribution in [0.2, 0.25) is 0 Å². The van der Waals surface area contributed by atoms with Crippen molar-refractivity contribution in [2.45, 2.75) is 57.5 Å². The molecule has 0 aromatic heterocycles. The third-order valence-corrected chi connectivity index (χ3v) is 3.85. The molecular weight excluding hydrogens is 172 g/mol. The van der Waals surface area contributed by atoms with Crippen LogP contribution in [-0.4, -0.2) is 30.1 Å². The largest absolute Gasteiger partial charge is 0.328 e. The zero-order valence-electron chi connectivity index (χ0n) is 9.41. The molecule has 2 saturated carbocycles. The predicted molar refractivity (Wildman–Crippen MR) is 60.2 cm³/mol. The fourth-order valence-corrected chi connectivity index (χ4v) is 2.64. The first-order valence-electron chi connectivity index (χ1n) is 6.29. The lowest BCUT2D eigenvalue weighted by Crippen LogP contribution is -2.41. The topological polar surface area (TPSA) is 29.3 Å². The van der Waals surface area contributed by atoms with Gasteiger partial charge in [-0.1, -0.05) is 6.92 Å². The maximum absolute atomic E-state index is 5.93. The summed E-state index contributed by atoms with van der Waals surface area (Å²) >= 11 is 0. The van der Waals surface area contributed by atoms with Crippen LogP contribution in [-0.2, 0) is 0 Å². The lowest BCUT2D eigenvalue weighted by Gasteiger charge is -2.35. The van der Waals surface area contributed by atoms with Crippen molar-refractivity contribution >= 4 is 0 Å². The first kappa shape index (κ1) is 10.4. The van der Waals surface area contributed by atoms with Gasteiger partial charge in [0.15, 0.2) is 0 Å². The normalized spacial score (nSPS) is 33.6. The average molecular weight is 196 g/mol. The molecule has 2 heteroatoms. The second kappa shape index (κ2) is 4.63. The molecule has 2 fully saturated rings. The minimum Gasteiger partial charge on any atom is -0.328 e. The molecule has 0 amide bonds. The van der Waals surface area contributed by atoms with E-state index in [9.17, 15) is 0 Å². The van der Waals surface area contributed by atoms with Crippen molar-refractivity contribution in [2.75, 3.05) is 13.1 Å². The highest BCUT2D eigenvalue weighted by atomic mass is 15.2. The van der Waals surface area contributed by atoms with Crippen molar-refractivity contribution < 1.29 is 0 Å². The number of nitrogens with two attached hydrogens (primary N) is 1. The molecule has 0 saturated heterocycles. The van der Waals surface area contributed by atoms with Crippen LogP contribution in [0, 0.1) is 5.92 Å². The molecule has 2 nitrogen and oxygen atoms in total. The zero-order valence-corrected chi connectivity index (χ0v) is 9.41. The van der Waals surface area contributed by atoms with Gasteiger partial charge in [-0.25, -0.2) is 0 Å². The van der Waals surface area contributed by atoms with Gasteiger partial charge < -0.3 is 10.6 Å². The van der Waals surface area contributed by atoms with Crippen molar-refractivity contribution in [3.05, 3.63) is 0 Å². The molecule has 82 valence electrons. The molecule has 0 spiro atoms. The van der Waals surface area contributed by atoms with Gasteiger partial charge in [-0.15, -0.1) is 0 Å². The molecule has 0 heterocycles. The Morgan fingerprint density at radius 3 is 2.21 bits per heavy atom. The Kier molecular flexibility index (Phi) is 3.45. The summed E-state index contributed by atoms with van der Waals surface area (Å²) in [5, 5.41) is 0. The molecule has 2 N–H and O–H groups in total. The fourth-order valence-electron chi connectivity index (χ4n) is 2.64. The monoisotopic (exact) mass is 196 g/mol. The number of rotatable bonds is 4. The summed E-state index contributed by atoms with van der Waals surface area (Å²) in [6.07, 6.45) is 8.10. The SMILES string of the molecule is CCN(CC1CC1)C1CCC(N)CC1. The molecule has 0 unspecified atom stereocenters. The quantitative estimate of drug-likeness (QED) is 0.745. The predicted octanol–water partition coefficient (Wildman–Crippen LogP) is 1.99. The maximum Gasteiger partial charge on any atom is 0.00964 e. The highest BCUT2D eigenvalue weighted by molar-refractivity contribution is 4.84. The molecule has 0 bridgehead atoms. The van der Waals surface area contributed by atoms with Crippen LogP contribution in [0.4, 0.5) is 0 Å². The highest BCUT2D eigenvalue weighted by Crippen LogP contribution is 2.32. The second-order valence-corrected chi connectivity index (χ2v) is 5.10. The summed E-state index contributed by atoms with van der Waals surface area (Å²) in [5.41, 5.74) is 5.93. The molecule has 2 aliphatic carbocycles. The van der Waals surface area contributed by atoms with E-state index in [1.165, 1.54) is 51.6 Å². The minimum absolute atomic E-state index is 0.492. The second-order valence-electron chi connectivity index (χ2n) is 5.10. The van der Waals surface area contributed by atoms with Crippen LogP contribution in [0.5, 0.6) is 0 Å². The van der Waals surface area contributed by atoms with Crippen molar-refractivity contribution in [3.63, 3.8) is 0 Å². The molecule has 0 radical (unpaired) electrons. The van der Waals surface area contributed by atoms with Gasteiger partial charge in [0.25, 0.3) is 0 Å². The van der Waals surface area contributed by atoms with Crippen LogP contribution in [0.1, 0.15) is 45.4 Å². The summed E-state index contributed by atoms with van der Waals surface area (Å²) in [6.45, 7) is 4.89. The summed E-state index contributed by atoms with van der Waals surface area (Å²) in [5.74, 6) is 1.03. The molecule has 0 aromatic rings. The van der Waals surface area contributed by atoms with Gasteiger partial charge in [-0.3, -0.25) is 0 Å². The van der Waals surface area contributed by atoms with E-state index in [4.69, 9.17) is 5.73 Å². The Balaban J connectivity index is 1.78. The summed E-state index contributed by atoms with van der Waals surface area (Å²) in [7, 11) is 0. The molecule has 14 heavy (non-hydrogen) atoms. The van der Waals surface area contributed by atoms with E-state index >= 15 is 0 Å². The van der Waals surface area contributed by atoms with Crippen molar-refractivity contribution in [3.8, 4) is 0 Å². The Labute approximate surface area is 87.8 Å². The van der Waals surface area contributed by atoms with E-state index < -0.39 is 0 Å². The maximum atomic E-state index is 5.93. The van der Waals surface area contributed by atoms with Crippen molar-refractivity contribution in [1.29, 1.82) is 0 Å². The zero-order chi connectivity index (χ0) is 9.97. The van der Waals surface area contributed by atoms with Gasteiger partial charge in [0.05, 0.1) is 0 Å². The van der Waals surface area contributed by atoms with Crippen LogP contribution in [0.15, 0.2) is 0 Å². The van der Waals surface area contributed by atoms with E-state index in [1.807, 2.05) is 0 Å². The molecular formula is C12H24N2. The third kappa shape index (κ3) is 2.71. The first-order valence-corrected chi connectivity index (χ1v) is 6.29. The smallest absolute Gasteiger partial charge is 0.00964 e. The first-order chi connectivity index (χ1) is 6.79. The minimum atomic E-state index is 0.492. The lowest BCUT2D eigenvalue weighted by molar-refractivity contribution is 0.151. The highest BCUT2D eigenvalue weighted by Gasteiger charge is 2.29. The average Bonchev–Trinajstić information content (AvgIpc) is 3.00.